The van der Waals surface area contributed by atoms with Crippen LogP contribution >= 0.6 is 47.8 Å². The minimum atomic E-state index is -0.338. The van der Waals surface area contributed by atoms with E-state index in [9.17, 15) is 27.6 Å². The van der Waals surface area contributed by atoms with Gasteiger partial charge in [-0.1, -0.05) is 72.8 Å². The molecule has 12 aromatic rings. The van der Waals surface area contributed by atoms with Crippen molar-refractivity contribution in [2.75, 3.05) is 95.1 Å². The van der Waals surface area contributed by atoms with Crippen molar-refractivity contribution in [2.45, 2.75) is 63.8 Å². The molecule has 2 unspecified atom stereocenters. The van der Waals surface area contributed by atoms with Crippen molar-refractivity contribution in [1.29, 1.82) is 0 Å². The number of rotatable bonds is 22. The maximum Gasteiger partial charge on any atom is 0.251 e. The van der Waals surface area contributed by atoms with Gasteiger partial charge >= 0.3 is 0 Å². The molecule has 6 aromatic carbocycles. The molecule has 6 aromatic heterocycles. The number of carbonyl (C=O) groups is 3. The number of likely N-dealkylation sites (tertiary alicyclic amines) is 1. The third kappa shape index (κ3) is 18.1. The average molecular weight is 1650 g/mol. The van der Waals surface area contributed by atoms with Crippen molar-refractivity contribution in [3.05, 3.63) is 247 Å². The predicted octanol–water partition coefficient (Wildman–Crippen LogP) is 13.8. The number of nitrogens with one attached hydrogen (secondary N) is 6. The third-order valence-electron chi connectivity index (χ3n) is 20.0. The second kappa shape index (κ2) is 35.0. The number of ether oxygens (including phenoxy) is 1. The van der Waals surface area contributed by atoms with Crippen molar-refractivity contribution < 1.29 is 32.3 Å². The van der Waals surface area contributed by atoms with Crippen LogP contribution in [-0.4, -0.2) is 167 Å². The van der Waals surface area contributed by atoms with E-state index in [1.807, 2.05) is 72.8 Å². The lowest BCUT2D eigenvalue weighted by Crippen LogP contribution is -2.57. The Balaban J connectivity index is 0.000000136. The number of fused-ring (bicyclic) bond motifs is 6. The highest BCUT2D eigenvalue weighted by atomic mass is 79.9. The van der Waals surface area contributed by atoms with E-state index in [-0.39, 0.29) is 41.2 Å². The van der Waals surface area contributed by atoms with Crippen molar-refractivity contribution in [3.63, 3.8) is 0 Å². The molecule has 5 aliphatic heterocycles. The molecular weight excluding hydrogens is 1570 g/mol. The van der Waals surface area contributed by atoms with Crippen LogP contribution in [0.15, 0.2) is 196 Å². The van der Waals surface area contributed by atoms with Crippen LogP contribution in [0.25, 0.3) is 50.7 Å². The number of hydrogen-bond donors (Lipinski definition) is 6. The Morgan fingerprint density at radius 1 is 0.491 bits per heavy atom. The molecule has 0 radical (unpaired) electrons. The van der Waals surface area contributed by atoms with Crippen LogP contribution in [0, 0.1) is 23.4 Å². The summed E-state index contributed by atoms with van der Waals surface area (Å²) in [7, 11) is 2.15. The fourth-order valence-electron chi connectivity index (χ4n) is 13.9. The summed E-state index contributed by atoms with van der Waals surface area (Å²) in [5, 5.41) is 32.5. The molecule has 556 valence electrons. The largest absolute Gasteiger partial charge is 0.379 e. The van der Waals surface area contributed by atoms with E-state index in [0.717, 1.165) is 91.1 Å². The first kappa shape index (κ1) is 74.9. The fourth-order valence-corrected chi connectivity index (χ4v) is 15.0. The molecule has 3 amide bonds. The molecular formula is C80H80Br3F3N18O4. The zero-order chi connectivity index (χ0) is 74.6. The first-order chi connectivity index (χ1) is 52.6. The van der Waals surface area contributed by atoms with E-state index >= 15 is 0 Å². The predicted molar refractivity (Wildman–Crippen MR) is 422 cm³/mol. The minimum absolute atomic E-state index is 0.0139. The topological polar surface area (TPSA) is 233 Å². The number of morpholine rings is 1. The monoisotopic (exact) mass is 1650 g/mol. The smallest absolute Gasteiger partial charge is 0.251 e. The van der Waals surface area contributed by atoms with Crippen LogP contribution in [0.1, 0.15) is 79.9 Å². The Kier molecular flexibility index (Phi) is 24.2. The number of halogens is 6. The molecule has 2 bridgehead atoms. The number of aromatic nitrogens is 9. The third-order valence-corrected chi connectivity index (χ3v) is 21.7. The molecule has 2 atom stereocenters. The SMILES string of the molecule is CN1CCCC1CCNC(=O)c1ccc(CNc2cc(-c3ccccc3F)nc3c(Br)cnn23)cc1.O=C(NC1CN2CCC1CC2)c1ccc(CNc2cc(-c3ccccc3F)nc3c(Br)cnn23)cc1.O=C(NCCN1CCOCC1)c1ccc(CNc2cc(-c3ccccc3F)nc3c(Br)cnn23)cc1. The Labute approximate surface area is 647 Å². The van der Waals surface area contributed by atoms with E-state index in [1.165, 1.54) is 43.9 Å². The highest BCUT2D eigenvalue weighted by Crippen LogP contribution is 2.33. The van der Waals surface area contributed by atoms with E-state index in [0.29, 0.717) is 134 Å². The molecule has 17 rings (SSSR count). The van der Waals surface area contributed by atoms with E-state index in [4.69, 9.17) is 4.74 Å². The van der Waals surface area contributed by atoms with Gasteiger partial charge in [0, 0.05) is 123 Å². The quantitative estimate of drug-likeness (QED) is 0.0370. The Bertz CT molecular complexity index is 5150. The number of anilines is 3. The highest BCUT2D eigenvalue weighted by Gasteiger charge is 2.35. The Morgan fingerprint density at radius 2 is 0.889 bits per heavy atom. The van der Waals surface area contributed by atoms with E-state index in [2.05, 4.69) is 132 Å². The van der Waals surface area contributed by atoms with Crippen molar-refractivity contribution >= 4 is 99.9 Å². The normalized spacial score (nSPS) is 17.0. The van der Waals surface area contributed by atoms with Gasteiger partial charge in [-0.05, 0) is 202 Å². The lowest BCUT2D eigenvalue weighted by Gasteiger charge is -2.44. The van der Waals surface area contributed by atoms with Crippen LogP contribution in [0.2, 0.25) is 0 Å². The zero-order valence-corrected chi connectivity index (χ0v) is 64.0. The summed E-state index contributed by atoms with van der Waals surface area (Å²) in [4.78, 5) is 58.7. The molecule has 0 aliphatic carbocycles. The maximum absolute atomic E-state index is 14.4. The number of nitrogens with zero attached hydrogens (tertiary/aromatic N) is 12. The number of benzene rings is 6. The summed E-state index contributed by atoms with van der Waals surface area (Å²) in [5.74, 6) is 1.48. The summed E-state index contributed by atoms with van der Waals surface area (Å²) >= 11 is 10.4. The highest BCUT2D eigenvalue weighted by molar-refractivity contribution is 9.11. The van der Waals surface area contributed by atoms with Gasteiger partial charge in [0.25, 0.3) is 17.7 Å². The van der Waals surface area contributed by atoms with Crippen molar-refractivity contribution in [3.8, 4) is 33.8 Å². The van der Waals surface area contributed by atoms with E-state index < -0.39 is 0 Å². The number of carbonyl (C=O) groups excluding carboxylic acids is 3. The molecule has 0 saturated carbocycles. The molecule has 5 saturated heterocycles. The van der Waals surface area contributed by atoms with Gasteiger partial charge in [-0.15, -0.1) is 0 Å². The van der Waals surface area contributed by atoms with Gasteiger partial charge in [0.05, 0.1) is 62.3 Å². The second-order valence-electron chi connectivity index (χ2n) is 27.1. The van der Waals surface area contributed by atoms with Crippen LogP contribution in [-0.2, 0) is 24.4 Å². The fraction of sp³-hybridized carbons (Fsp3) is 0.287. The van der Waals surface area contributed by atoms with E-state index in [1.54, 1.807) is 105 Å². The number of amides is 3. The zero-order valence-electron chi connectivity index (χ0n) is 59.3. The molecule has 11 heterocycles. The van der Waals surface area contributed by atoms with Crippen LogP contribution < -0.4 is 31.9 Å². The maximum atomic E-state index is 14.4. The Hall–Kier alpha value is -9.94. The van der Waals surface area contributed by atoms with Crippen molar-refractivity contribution in [2.24, 2.45) is 5.92 Å². The van der Waals surface area contributed by atoms with Gasteiger partial charge in [-0.25, -0.2) is 28.1 Å². The first-order valence-corrected chi connectivity index (χ1v) is 38.5. The minimum Gasteiger partial charge on any atom is -0.379 e. The number of piperidine rings is 3. The summed E-state index contributed by atoms with van der Waals surface area (Å²) < 4.78 is 55.9. The van der Waals surface area contributed by atoms with Gasteiger partial charge in [0.15, 0.2) is 16.9 Å². The van der Waals surface area contributed by atoms with Crippen molar-refractivity contribution in [1.82, 2.24) is 74.4 Å². The first-order valence-electron chi connectivity index (χ1n) is 36.1. The molecule has 5 aliphatic rings. The van der Waals surface area contributed by atoms with Gasteiger partial charge in [-0.2, -0.15) is 28.8 Å². The second-order valence-corrected chi connectivity index (χ2v) is 29.7. The van der Waals surface area contributed by atoms with Crippen LogP contribution in [0.5, 0.6) is 0 Å². The molecule has 108 heavy (non-hydrogen) atoms. The lowest BCUT2D eigenvalue weighted by atomic mass is 9.84. The summed E-state index contributed by atoms with van der Waals surface area (Å²) in [5.41, 5.74) is 9.50. The lowest BCUT2D eigenvalue weighted by molar-refractivity contribution is 0.0383. The van der Waals surface area contributed by atoms with Gasteiger partial charge in [0.2, 0.25) is 0 Å². The molecule has 6 N–H and O–H groups in total. The summed E-state index contributed by atoms with van der Waals surface area (Å²) in [6.07, 6.45) is 10.7. The number of hydrogen-bond acceptors (Lipinski definition) is 16. The molecule has 28 heteroatoms. The van der Waals surface area contributed by atoms with Crippen LogP contribution in [0.4, 0.5) is 30.6 Å². The van der Waals surface area contributed by atoms with Gasteiger partial charge < -0.3 is 46.4 Å². The Morgan fingerprint density at radius 3 is 1.27 bits per heavy atom. The average Bonchev–Trinajstić information content (AvgIpc) is 1.60. The van der Waals surface area contributed by atoms with Gasteiger partial charge in [-0.3, -0.25) is 19.3 Å². The molecule has 22 nitrogen and oxygen atoms in total. The standard InChI is InChI=1S/C27H26BrFN6O.C27H28BrFN6O.C26H26BrFN6O2/c28-21-15-31-35-25(13-23(32-26(21)35)20-3-1-2-4-22(20)29)30-14-17-5-7-19(8-6-17)27(36)33-24-16-34-11-9-18(24)10-12-34;1-34-14-4-5-20(34)12-13-30-27(36)19-10-8-18(9-11-19)16-31-25-15-24(21-6-2-3-7-23(21)29)33-26-22(28)17-32-35(25)26;27-21-17-31-34-24(15-23(32-25(21)34)20-3-1-2-4-22(20)28)30-16-18-5-7-19(8-6-18)26(35)29-9-10-33-11-13-36-14-12-33/h1-8,13,15,18,24,30H,9-12,14,16H2,(H,33,36);2-3,6-11,15,17,20,31H,4-5,12-14,16H2,1H3,(H,30,36);1-8,15,17,30H,9-14,16H2,(H,29,35). The molecule has 0 spiro atoms. The summed E-state index contributed by atoms with van der Waals surface area (Å²) in [6, 6.07) is 48.5. The summed E-state index contributed by atoms with van der Waals surface area (Å²) in [6.45, 7) is 11.3. The van der Waals surface area contributed by atoms with Gasteiger partial charge in [0.1, 0.15) is 34.9 Å². The van der Waals surface area contributed by atoms with Crippen LogP contribution in [0.3, 0.4) is 0 Å². The molecule has 5 fully saturated rings.